The number of nitrogens with zero attached hydrogens (tertiary/aromatic N) is 1. The number of thiophene rings is 1. The molecule has 0 aliphatic carbocycles. The standard InChI is InChI=1S/C18H16BrNO4S/c1-12-15(20-18(24-12)16-6-3-9-25-16)11-17(21)23-8-7-22-14-5-2-4-13(19)10-14/h2-6,9-10H,7-8,11H2,1H3. The number of oxazole rings is 1. The van der Waals surface area contributed by atoms with Gasteiger partial charge in [-0.1, -0.05) is 28.1 Å². The molecule has 130 valence electrons. The molecule has 7 heteroatoms. The summed E-state index contributed by atoms with van der Waals surface area (Å²) < 4.78 is 17.3. The zero-order chi connectivity index (χ0) is 17.6. The third-order valence-electron chi connectivity index (χ3n) is 3.35. The lowest BCUT2D eigenvalue weighted by atomic mass is 10.3. The number of rotatable bonds is 7. The van der Waals surface area contributed by atoms with Crippen LogP contribution in [0.25, 0.3) is 10.8 Å². The molecule has 0 atom stereocenters. The Morgan fingerprint density at radius 1 is 1.28 bits per heavy atom. The maximum absolute atomic E-state index is 12.0. The number of halogens is 1. The van der Waals surface area contributed by atoms with Gasteiger partial charge in [-0.2, -0.15) is 0 Å². The van der Waals surface area contributed by atoms with Crippen LogP contribution in [0.5, 0.6) is 5.75 Å². The fraction of sp³-hybridized carbons (Fsp3) is 0.222. The molecule has 25 heavy (non-hydrogen) atoms. The normalized spacial score (nSPS) is 10.6. The molecule has 2 heterocycles. The van der Waals surface area contributed by atoms with Gasteiger partial charge >= 0.3 is 5.97 Å². The van der Waals surface area contributed by atoms with Crippen LogP contribution >= 0.6 is 27.3 Å². The van der Waals surface area contributed by atoms with Crippen LogP contribution in [0.4, 0.5) is 0 Å². The lowest BCUT2D eigenvalue weighted by molar-refractivity contribution is -0.143. The molecular weight excluding hydrogens is 406 g/mol. The highest BCUT2D eigenvalue weighted by molar-refractivity contribution is 9.10. The number of carbonyl (C=O) groups excluding carboxylic acids is 1. The number of carbonyl (C=O) groups is 1. The molecule has 5 nitrogen and oxygen atoms in total. The Bertz CT molecular complexity index is 845. The van der Waals surface area contributed by atoms with Crippen molar-refractivity contribution in [3.05, 3.63) is 57.7 Å². The first kappa shape index (κ1) is 17.7. The fourth-order valence-corrected chi connectivity index (χ4v) is 3.18. The predicted octanol–water partition coefficient (Wildman–Crippen LogP) is 4.64. The number of esters is 1. The Balaban J connectivity index is 1.46. The van der Waals surface area contributed by atoms with Gasteiger partial charge in [-0.05, 0) is 36.6 Å². The molecule has 0 spiro atoms. The van der Waals surface area contributed by atoms with Gasteiger partial charge in [-0.3, -0.25) is 4.79 Å². The van der Waals surface area contributed by atoms with Crippen LogP contribution in [0, 0.1) is 6.92 Å². The highest BCUT2D eigenvalue weighted by atomic mass is 79.9. The summed E-state index contributed by atoms with van der Waals surface area (Å²) in [5, 5.41) is 1.95. The van der Waals surface area contributed by atoms with Gasteiger partial charge in [0.2, 0.25) is 5.89 Å². The van der Waals surface area contributed by atoms with Crippen molar-refractivity contribution in [3.8, 4) is 16.5 Å². The Morgan fingerprint density at radius 2 is 2.16 bits per heavy atom. The minimum absolute atomic E-state index is 0.0809. The maximum Gasteiger partial charge on any atom is 0.312 e. The van der Waals surface area contributed by atoms with Gasteiger partial charge < -0.3 is 13.9 Å². The second kappa shape index (κ2) is 8.31. The summed E-state index contributed by atoms with van der Waals surface area (Å²) in [6.07, 6.45) is 0.0809. The zero-order valence-corrected chi connectivity index (χ0v) is 15.9. The van der Waals surface area contributed by atoms with Crippen LogP contribution < -0.4 is 4.74 Å². The molecular formula is C18H16BrNO4S. The van der Waals surface area contributed by atoms with Crippen LogP contribution in [-0.4, -0.2) is 24.2 Å². The molecule has 0 radical (unpaired) electrons. The Morgan fingerprint density at radius 3 is 2.92 bits per heavy atom. The van der Waals surface area contributed by atoms with E-state index in [4.69, 9.17) is 13.9 Å². The molecule has 0 saturated heterocycles. The second-order valence-electron chi connectivity index (χ2n) is 5.20. The van der Waals surface area contributed by atoms with Gasteiger partial charge in [-0.15, -0.1) is 11.3 Å². The Kier molecular flexibility index (Phi) is 5.88. The molecule has 0 amide bonds. The van der Waals surface area contributed by atoms with Crippen LogP contribution in [0.3, 0.4) is 0 Å². The van der Waals surface area contributed by atoms with Crippen LogP contribution in [0.1, 0.15) is 11.5 Å². The first-order valence-electron chi connectivity index (χ1n) is 7.66. The van der Waals surface area contributed by atoms with Crippen LogP contribution in [-0.2, 0) is 16.0 Å². The van der Waals surface area contributed by atoms with Crippen molar-refractivity contribution >= 4 is 33.2 Å². The molecule has 0 fully saturated rings. The van der Waals surface area contributed by atoms with Gasteiger partial charge in [0.25, 0.3) is 0 Å². The van der Waals surface area contributed by atoms with Crippen LogP contribution in [0.15, 0.2) is 50.7 Å². The summed E-state index contributed by atoms with van der Waals surface area (Å²) in [7, 11) is 0. The highest BCUT2D eigenvalue weighted by Crippen LogP contribution is 2.26. The molecule has 3 aromatic rings. The molecule has 0 aliphatic heterocycles. The Labute approximate surface area is 157 Å². The second-order valence-corrected chi connectivity index (χ2v) is 7.07. The van der Waals surface area contributed by atoms with E-state index in [1.54, 1.807) is 18.3 Å². The summed E-state index contributed by atoms with van der Waals surface area (Å²) in [5.74, 6) is 1.53. The number of benzene rings is 1. The largest absolute Gasteiger partial charge is 0.490 e. The van der Waals surface area contributed by atoms with Crippen molar-refractivity contribution in [2.24, 2.45) is 0 Å². The van der Waals surface area contributed by atoms with E-state index in [9.17, 15) is 4.79 Å². The van der Waals surface area contributed by atoms with Gasteiger partial charge in [-0.25, -0.2) is 4.98 Å². The SMILES string of the molecule is Cc1oc(-c2cccs2)nc1CC(=O)OCCOc1cccc(Br)c1. The van der Waals surface area contributed by atoms with Crippen molar-refractivity contribution in [3.63, 3.8) is 0 Å². The smallest absolute Gasteiger partial charge is 0.312 e. The summed E-state index contributed by atoms with van der Waals surface area (Å²) >= 11 is 4.91. The van der Waals surface area contributed by atoms with Crippen molar-refractivity contribution in [2.75, 3.05) is 13.2 Å². The zero-order valence-electron chi connectivity index (χ0n) is 13.5. The van der Waals surface area contributed by atoms with E-state index < -0.39 is 0 Å². The third-order valence-corrected chi connectivity index (χ3v) is 4.70. The molecule has 2 aromatic heterocycles. The van der Waals surface area contributed by atoms with Crippen molar-refractivity contribution in [2.45, 2.75) is 13.3 Å². The molecule has 0 bridgehead atoms. The topological polar surface area (TPSA) is 61.6 Å². The van der Waals surface area contributed by atoms with E-state index >= 15 is 0 Å². The number of aromatic nitrogens is 1. The quantitative estimate of drug-likeness (QED) is 0.410. The first-order chi connectivity index (χ1) is 12.1. The lowest BCUT2D eigenvalue weighted by Crippen LogP contribution is -2.14. The maximum atomic E-state index is 12.0. The third kappa shape index (κ3) is 4.93. The molecule has 3 rings (SSSR count). The Hall–Kier alpha value is -2.12. The summed E-state index contributed by atoms with van der Waals surface area (Å²) in [6.45, 7) is 2.27. The van der Waals surface area contributed by atoms with E-state index in [2.05, 4.69) is 20.9 Å². The molecule has 0 N–H and O–H groups in total. The van der Waals surface area contributed by atoms with E-state index in [1.807, 2.05) is 41.8 Å². The van der Waals surface area contributed by atoms with Crippen LogP contribution in [0.2, 0.25) is 0 Å². The molecule has 1 aromatic carbocycles. The first-order valence-corrected chi connectivity index (χ1v) is 9.33. The molecule has 0 aliphatic rings. The average Bonchev–Trinajstić information content (AvgIpc) is 3.22. The number of ether oxygens (including phenoxy) is 2. The van der Waals surface area contributed by atoms with Crippen molar-refractivity contribution in [1.82, 2.24) is 4.98 Å². The highest BCUT2D eigenvalue weighted by Gasteiger charge is 2.16. The lowest BCUT2D eigenvalue weighted by Gasteiger charge is -2.07. The monoisotopic (exact) mass is 421 g/mol. The van der Waals surface area contributed by atoms with E-state index in [0.717, 1.165) is 15.1 Å². The number of hydrogen-bond donors (Lipinski definition) is 0. The number of hydrogen-bond acceptors (Lipinski definition) is 6. The molecule has 0 unspecified atom stereocenters. The van der Waals surface area contributed by atoms with Crippen molar-refractivity contribution in [1.29, 1.82) is 0 Å². The summed E-state index contributed by atoms with van der Waals surface area (Å²) in [4.78, 5) is 17.3. The predicted molar refractivity (Wildman–Crippen MR) is 98.9 cm³/mol. The van der Waals surface area contributed by atoms with Gasteiger partial charge in [0.05, 0.1) is 17.0 Å². The van der Waals surface area contributed by atoms with E-state index in [1.165, 1.54) is 0 Å². The minimum atomic E-state index is -0.355. The summed E-state index contributed by atoms with van der Waals surface area (Å²) in [6, 6.07) is 11.3. The summed E-state index contributed by atoms with van der Waals surface area (Å²) in [5.41, 5.74) is 0.598. The van der Waals surface area contributed by atoms with E-state index in [-0.39, 0.29) is 19.0 Å². The fourth-order valence-electron chi connectivity index (χ4n) is 2.16. The minimum Gasteiger partial charge on any atom is -0.490 e. The average molecular weight is 422 g/mol. The number of aryl methyl sites for hydroxylation is 1. The van der Waals surface area contributed by atoms with Gasteiger partial charge in [0.1, 0.15) is 24.7 Å². The van der Waals surface area contributed by atoms with Crippen molar-refractivity contribution < 1.29 is 18.7 Å². The van der Waals surface area contributed by atoms with Gasteiger partial charge in [0, 0.05) is 4.47 Å². The van der Waals surface area contributed by atoms with E-state index in [0.29, 0.717) is 24.0 Å². The van der Waals surface area contributed by atoms with Gasteiger partial charge in [0.15, 0.2) is 0 Å². The molecule has 0 saturated carbocycles.